The number of carbonyl (C=O) groups excluding carboxylic acids is 4. The normalized spacial score (nSPS) is 17.5. The molecule has 14 heteroatoms. The maximum absolute atomic E-state index is 14.2. The number of thiazole rings is 1. The molecule has 5 aromatic carbocycles. The second kappa shape index (κ2) is 18.3. The minimum absolute atomic E-state index is 0.156. The summed E-state index contributed by atoms with van der Waals surface area (Å²) < 4.78 is 20.0. The fraction of sp³-hybridized carbons (Fsp3) is 0.167. The quantitative estimate of drug-likeness (QED) is 0.0370. The predicted molar refractivity (Wildman–Crippen MR) is 237 cm³/mol. The molecule has 1 fully saturated rings. The number of fused-ring (bicyclic) bond motifs is 1. The van der Waals surface area contributed by atoms with Crippen molar-refractivity contribution in [3.8, 4) is 0 Å². The topological polar surface area (TPSA) is 156 Å². The van der Waals surface area contributed by atoms with Crippen molar-refractivity contribution >= 4 is 56.5 Å². The van der Waals surface area contributed by atoms with Gasteiger partial charge in [-0.1, -0.05) is 157 Å². The van der Waals surface area contributed by atoms with Crippen LogP contribution in [0, 0.1) is 0 Å². The number of oxime groups is 1. The van der Waals surface area contributed by atoms with E-state index >= 15 is 0 Å². The minimum Gasteiger partial charge on any atom is -0.448 e. The minimum atomic E-state index is -1.81. The summed E-state index contributed by atoms with van der Waals surface area (Å²) in [5.41, 5.74) is 3.32. The molecule has 62 heavy (non-hydrogen) atoms. The van der Waals surface area contributed by atoms with E-state index in [9.17, 15) is 23.4 Å². The Bertz CT molecular complexity index is 2540. The van der Waals surface area contributed by atoms with Crippen molar-refractivity contribution in [3.05, 3.63) is 202 Å². The molecule has 0 saturated carbocycles. The second-order valence-corrected chi connectivity index (χ2v) is 17.0. The Morgan fingerprint density at radius 3 is 1.81 bits per heavy atom. The summed E-state index contributed by atoms with van der Waals surface area (Å²) in [6.45, 7) is 1.35. The Hall–Kier alpha value is -7.03. The third kappa shape index (κ3) is 8.21. The largest absolute Gasteiger partial charge is 0.448 e. The number of aromatic nitrogens is 1. The first kappa shape index (κ1) is 41.7. The molecule has 6 aromatic rings. The Morgan fingerprint density at radius 1 is 0.823 bits per heavy atom. The first-order valence-electron chi connectivity index (χ1n) is 19.7. The number of esters is 1. The van der Waals surface area contributed by atoms with Crippen LogP contribution < -0.4 is 10.6 Å². The summed E-state index contributed by atoms with van der Waals surface area (Å²) in [5.74, 6) is -2.84. The van der Waals surface area contributed by atoms with Crippen LogP contribution in [0.25, 0.3) is 0 Å². The van der Waals surface area contributed by atoms with Crippen molar-refractivity contribution < 1.29 is 33.0 Å². The van der Waals surface area contributed by atoms with Gasteiger partial charge in [-0.2, -0.15) is 0 Å². The number of ether oxygens (including phenoxy) is 1. The first-order chi connectivity index (χ1) is 30.2. The van der Waals surface area contributed by atoms with Crippen molar-refractivity contribution in [1.82, 2.24) is 15.2 Å². The molecule has 312 valence electrons. The molecule has 0 spiro atoms. The number of carbonyl (C=O) groups is 4. The molecule has 3 atom stereocenters. The van der Waals surface area contributed by atoms with Gasteiger partial charge in [-0.15, -0.1) is 11.3 Å². The summed E-state index contributed by atoms with van der Waals surface area (Å²) in [6.07, 6.45) is -1.06. The van der Waals surface area contributed by atoms with Gasteiger partial charge in [0.15, 0.2) is 16.9 Å². The SMILES string of the molecule is CO/N=C(/C(=O)NC1C(=O)N2C(C(=O)OC(c3ccccc3)c3ccccc3)=C(CC(C)=O)CS(=O)C12)c1csc(NC(c2ccccc2)(c2ccccc2)c2ccccc2)n1. The molecular weight excluding hydrogens is 823 g/mol. The fourth-order valence-corrected chi connectivity index (χ4v) is 10.3. The molecular formula is C48H41N5O7S2. The number of benzene rings is 5. The van der Waals surface area contributed by atoms with Crippen LogP contribution in [0.15, 0.2) is 173 Å². The lowest BCUT2D eigenvalue weighted by Gasteiger charge is -2.49. The zero-order valence-electron chi connectivity index (χ0n) is 33.7. The molecule has 2 amide bonds. The standard InChI is InChI=1S/C48H41N5O7S2/c1-31(54)28-34-30-62(58)45-40(44(56)53(45)41(34)46(57)60-42(32-18-8-3-9-19-32)33-20-10-4-11-21-33)50-43(55)39(52-59-2)38-29-61-47(49-38)51-48(35-22-12-5-13-23-35,36-24-14-6-15-25-36)37-26-16-7-17-27-37/h3-27,29,40,42,45H,28,30H2,1-2H3,(H,49,51)(H,50,55)/b52-39+. The molecule has 2 aliphatic rings. The summed E-state index contributed by atoms with van der Waals surface area (Å²) in [4.78, 5) is 65.9. The molecule has 12 nitrogen and oxygen atoms in total. The number of anilines is 1. The maximum atomic E-state index is 14.2. The van der Waals surface area contributed by atoms with Gasteiger partial charge in [0.1, 0.15) is 41.2 Å². The molecule has 0 bridgehead atoms. The highest BCUT2D eigenvalue weighted by Gasteiger charge is 2.58. The Labute approximate surface area is 364 Å². The number of amides is 2. The van der Waals surface area contributed by atoms with Gasteiger partial charge in [-0.3, -0.25) is 23.5 Å². The molecule has 1 aromatic heterocycles. The van der Waals surface area contributed by atoms with Crippen LogP contribution in [0.3, 0.4) is 0 Å². The number of ketones is 1. The molecule has 1 saturated heterocycles. The van der Waals surface area contributed by atoms with E-state index < -0.39 is 51.6 Å². The molecule has 0 aliphatic carbocycles. The van der Waals surface area contributed by atoms with Crippen LogP contribution in [-0.2, 0) is 45.1 Å². The van der Waals surface area contributed by atoms with Crippen molar-refractivity contribution in [3.63, 3.8) is 0 Å². The van der Waals surface area contributed by atoms with Gasteiger partial charge >= 0.3 is 5.97 Å². The zero-order chi connectivity index (χ0) is 43.2. The molecule has 2 N–H and O–H groups in total. The fourth-order valence-electron chi connectivity index (χ4n) is 7.91. The van der Waals surface area contributed by atoms with Crippen molar-refractivity contribution in [2.75, 3.05) is 18.2 Å². The lowest BCUT2D eigenvalue weighted by atomic mass is 9.77. The van der Waals surface area contributed by atoms with Gasteiger partial charge < -0.3 is 20.2 Å². The molecule has 3 unspecified atom stereocenters. The monoisotopic (exact) mass is 863 g/mol. The van der Waals surface area contributed by atoms with Gasteiger partial charge in [0, 0.05) is 17.6 Å². The lowest BCUT2D eigenvalue weighted by molar-refractivity contribution is -0.154. The van der Waals surface area contributed by atoms with Crippen LogP contribution in [0.1, 0.15) is 53.0 Å². The van der Waals surface area contributed by atoms with Gasteiger partial charge in [-0.25, -0.2) is 9.78 Å². The van der Waals surface area contributed by atoms with Gasteiger partial charge in [0.25, 0.3) is 11.8 Å². The van der Waals surface area contributed by atoms with E-state index in [2.05, 4.69) is 15.8 Å². The molecule has 0 radical (unpaired) electrons. The third-order valence-electron chi connectivity index (χ3n) is 10.6. The number of hydrogen-bond donors (Lipinski definition) is 2. The Morgan fingerprint density at radius 2 is 1.32 bits per heavy atom. The highest BCUT2D eigenvalue weighted by atomic mass is 32.2. The summed E-state index contributed by atoms with van der Waals surface area (Å²) in [5, 5.41) is 11.4. The van der Waals surface area contributed by atoms with Crippen LogP contribution in [-0.4, -0.2) is 67.6 Å². The predicted octanol–water partition coefficient (Wildman–Crippen LogP) is 6.88. The van der Waals surface area contributed by atoms with Gasteiger partial charge in [0.2, 0.25) is 0 Å². The van der Waals surface area contributed by atoms with E-state index in [4.69, 9.17) is 14.6 Å². The average Bonchev–Trinajstić information content (AvgIpc) is 3.77. The van der Waals surface area contributed by atoms with Crippen LogP contribution in [0.2, 0.25) is 0 Å². The van der Waals surface area contributed by atoms with E-state index in [0.717, 1.165) is 21.6 Å². The highest BCUT2D eigenvalue weighted by molar-refractivity contribution is 7.86. The van der Waals surface area contributed by atoms with Crippen LogP contribution in [0.5, 0.6) is 0 Å². The molecule has 2 aliphatic heterocycles. The summed E-state index contributed by atoms with van der Waals surface area (Å²) >= 11 is 1.25. The third-order valence-corrected chi connectivity index (χ3v) is 13.0. The number of nitrogens with one attached hydrogen (secondary N) is 2. The van der Waals surface area contributed by atoms with E-state index in [0.29, 0.717) is 16.3 Å². The number of nitrogens with zero attached hydrogens (tertiary/aromatic N) is 3. The Kier molecular flexibility index (Phi) is 12.3. The van der Waals surface area contributed by atoms with Crippen molar-refractivity contribution in [2.45, 2.75) is 36.4 Å². The average molecular weight is 864 g/mol. The maximum Gasteiger partial charge on any atom is 0.356 e. The van der Waals surface area contributed by atoms with E-state index in [1.165, 1.54) is 25.4 Å². The zero-order valence-corrected chi connectivity index (χ0v) is 35.3. The first-order valence-corrected chi connectivity index (χ1v) is 22.0. The summed E-state index contributed by atoms with van der Waals surface area (Å²) in [6, 6.07) is 46.9. The van der Waals surface area contributed by atoms with Crippen LogP contribution in [0.4, 0.5) is 5.13 Å². The number of Topliss-reactive ketones (excluding diaryl/α,β-unsaturated/α-hetero) is 1. The number of hydrogen-bond acceptors (Lipinski definition) is 11. The van der Waals surface area contributed by atoms with E-state index in [-0.39, 0.29) is 40.6 Å². The Balaban J connectivity index is 1.07. The number of β-lactam (4-membered cyclic amide) rings is 1. The summed E-state index contributed by atoms with van der Waals surface area (Å²) in [7, 11) is -0.524. The molecule has 3 heterocycles. The van der Waals surface area contributed by atoms with E-state index in [1.54, 1.807) is 5.38 Å². The van der Waals surface area contributed by atoms with Crippen molar-refractivity contribution in [1.29, 1.82) is 0 Å². The number of rotatable bonds is 15. The van der Waals surface area contributed by atoms with Gasteiger partial charge in [0.05, 0.1) is 10.8 Å². The highest BCUT2D eigenvalue weighted by Crippen LogP contribution is 2.41. The van der Waals surface area contributed by atoms with Gasteiger partial charge in [-0.05, 0) is 40.3 Å². The molecule has 8 rings (SSSR count). The lowest BCUT2D eigenvalue weighted by Crippen LogP contribution is -2.74. The van der Waals surface area contributed by atoms with Crippen molar-refractivity contribution in [2.24, 2.45) is 5.16 Å². The van der Waals surface area contributed by atoms with Crippen LogP contribution >= 0.6 is 11.3 Å². The second-order valence-electron chi connectivity index (χ2n) is 14.6. The van der Waals surface area contributed by atoms with E-state index in [1.807, 2.05) is 152 Å². The smallest absolute Gasteiger partial charge is 0.356 e.